The van der Waals surface area contributed by atoms with E-state index < -0.39 is 23.2 Å². The Kier molecular flexibility index (Phi) is 5.48. The molecule has 0 amide bonds. The first-order valence-electron chi connectivity index (χ1n) is 7.26. The van der Waals surface area contributed by atoms with Crippen molar-refractivity contribution in [3.05, 3.63) is 41.3 Å². The van der Waals surface area contributed by atoms with Crippen molar-refractivity contribution < 1.29 is 27.5 Å². The molecule has 9 heteroatoms. The normalized spacial score (nSPS) is 14.3. The van der Waals surface area contributed by atoms with E-state index in [1.54, 1.807) is 0 Å². The van der Waals surface area contributed by atoms with Crippen LogP contribution in [-0.4, -0.2) is 28.1 Å². The van der Waals surface area contributed by atoms with Crippen LogP contribution in [-0.2, 0) is 16.5 Å². The largest absolute Gasteiger partial charge is 0.480 e. The molecule has 1 aromatic carbocycles. The molecule has 0 spiro atoms. The number of aromatic nitrogens is 1. The number of hydrogen-bond donors (Lipinski definition) is 2. The number of rotatable bonds is 6. The average molecular weight is 374 g/mol. The maximum absolute atomic E-state index is 12.6. The van der Waals surface area contributed by atoms with E-state index in [-0.39, 0.29) is 23.8 Å². The minimum Gasteiger partial charge on any atom is -0.480 e. The van der Waals surface area contributed by atoms with Crippen molar-refractivity contribution in [2.24, 2.45) is 5.73 Å². The number of nitrogens with two attached hydrogens (primary N) is 1. The highest BCUT2D eigenvalue weighted by molar-refractivity contribution is 7.98. The Bertz CT molecular complexity index is 759. The number of nitrogens with zero attached hydrogens (tertiary/aromatic N) is 1. The molecule has 0 aliphatic carbocycles. The van der Waals surface area contributed by atoms with Crippen molar-refractivity contribution in [1.29, 1.82) is 0 Å². The number of thioether (sulfide) groups is 1. The molecule has 2 rings (SSSR count). The molecule has 25 heavy (non-hydrogen) atoms. The lowest BCUT2D eigenvalue weighted by molar-refractivity contribution is -0.144. The van der Waals surface area contributed by atoms with Gasteiger partial charge in [0, 0.05) is 5.56 Å². The van der Waals surface area contributed by atoms with Crippen LogP contribution in [0.15, 0.2) is 28.7 Å². The van der Waals surface area contributed by atoms with E-state index in [1.807, 2.05) is 6.26 Å². The van der Waals surface area contributed by atoms with Crippen molar-refractivity contribution in [1.82, 2.24) is 4.98 Å². The number of carboxylic acids is 1. The molecule has 1 heterocycles. The van der Waals surface area contributed by atoms with Gasteiger partial charge in [0.05, 0.1) is 5.56 Å². The Morgan fingerprint density at radius 2 is 1.92 bits per heavy atom. The van der Waals surface area contributed by atoms with E-state index >= 15 is 0 Å². The van der Waals surface area contributed by atoms with E-state index in [9.17, 15) is 23.1 Å². The molecular weight excluding hydrogens is 357 g/mol. The molecule has 1 aromatic heterocycles. The zero-order valence-corrected chi connectivity index (χ0v) is 14.4. The highest BCUT2D eigenvalue weighted by Crippen LogP contribution is 2.33. The highest BCUT2D eigenvalue weighted by atomic mass is 32.2. The summed E-state index contributed by atoms with van der Waals surface area (Å²) in [7, 11) is 0. The van der Waals surface area contributed by atoms with E-state index in [0.29, 0.717) is 11.3 Å². The third-order valence-electron chi connectivity index (χ3n) is 3.76. The first-order chi connectivity index (χ1) is 11.6. The number of aliphatic carboxylic acids is 1. The molecule has 0 bridgehead atoms. The van der Waals surface area contributed by atoms with Crippen LogP contribution >= 0.6 is 11.8 Å². The molecule has 0 saturated heterocycles. The molecule has 5 nitrogen and oxygen atoms in total. The van der Waals surface area contributed by atoms with Crippen LogP contribution in [0, 0.1) is 6.92 Å². The van der Waals surface area contributed by atoms with Crippen LogP contribution in [0.25, 0.3) is 11.5 Å². The Morgan fingerprint density at radius 1 is 1.32 bits per heavy atom. The minimum absolute atomic E-state index is 0.0291. The van der Waals surface area contributed by atoms with Crippen LogP contribution in [0.1, 0.15) is 23.4 Å². The van der Waals surface area contributed by atoms with Gasteiger partial charge in [-0.15, -0.1) is 0 Å². The fraction of sp³-hybridized carbons (Fsp3) is 0.375. The van der Waals surface area contributed by atoms with Crippen molar-refractivity contribution in [3.8, 4) is 11.5 Å². The lowest BCUT2D eigenvalue weighted by Crippen LogP contribution is -2.46. The molecule has 0 radical (unpaired) electrons. The van der Waals surface area contributed by atoms with E-state index in [1.165, 1.54) is 30.8 Å². The summed E-state index contributed by atoms with van der Waals surface area (Å²) < 4.78 is 43.4. The van der Waals surface area contributed by atoms with E-state index in [0.717, 1.165) is 12.1 Å². The Morgan fingerprint density at radius 3 is 2.40 bits per heavy atom. The van der Waals surface area contributed by atoms with Crippen molar-refractivity contribution in [2.75, 3.05) is 12.0 Å². The van der Waals surface area contributed by atoms with Gasteiger partial charge in [0.25, 0.3) is 0 Å². The first kappa shape index (κ1) is 19.3. The second kappa shape index (κ2) is 7.09. The number of carbonyl (C=O) groups is 1. The summed E-state index contributed by atoms with van der Waals surface area (Å²) >= 11 is 1.45. The minimum atomic E-state index is -4.44. The Labute approximate surface area is 146 Å². The number of aryl methyl sites for hydroxylation is 1. The summed E-state index contributed by atoms with van der Waals surface area (Å²) in [6, 6.07) is 4.27. The number of halogens is 3. The third-order valence-corrected chi connectivity index (χ3v) is 4.37. The van der Waals surface area contributed by atoms with Gasteiger partial charge < -0.3 is 15.3 Å². The van der Waals surface area contributed by atoms with Crippen LogP contribution in [0.5, 0.6) is 0 Å². The number of hydrogen-bond acceptors (Lipinski definition) is 5. The molecular formula is C16H17F3N2O3S. The van der Waals surface area contributed by atoms with Gasteiger partial charge in [-0.25, -0.2) is 9.78 Å². The number of benzene rings is 1. The maximum Gasteiger partial charge on any atom is 0.416 e. The first-order valence-corrected chi connectivity index (χ1v) is 8.65. The Balaban J connectivity index is 2.40. The topological polar surface area (TPSA) is 89.4 Å². The smallest absolute Gasteiger partial charge is 0.416 e. The van der Waals surface area contributed by atoms with E-state index in [4.69, 9.17) is 10.2 Å². The molecule has 136 valence electrons. The van der Waals surface area contributed by atoms with Crippen molar-refractivity contribution in [2.45, 2.75) is 25.1 Å². The standard InChI is InChI=1S/C16H17F3N2O3S/c1-9-12(15(20,14(22)23)7-8-25-2)21-13(24-9)10-3-5-11(6-4-10)16(17,18)19/h3-6H,7-8,20H2,1-2H3,(H,22,23). The molecule has 1 atom stereocenters. The number of oxazole rings is 1. The second-order valence-electron chi connectivity index (χ2n) is 5.52. The molecule has 0 aliphatic heterocycles. The lowest BCUT2D eigenvalue weighted by Gasteiger charge is -2.22. The second-order valence-corrected chi connectivity index (χ2v) is 6.50. The number of carboxylic acid groups (broad SMARTS) is 1. The summed E-state index contributed by atoms with van der Waals surface area (Å²) in [6.45, 7) is 1.53. The molecule has 1 unspecified atom stereocenters. The molecule has 3 N–H and O–H groups in total. The monoisotopic (exact) mass is 374 g/mol. The Hall–Kier alpha value is -2.00. The van der Waals surface area contributed by atoms with Crippen LogP contribution < -0.4 is 5.73 Å². The summed E-state index contributed by atoms with van der Waals surface area (Å²) in [4.78, 5) is 15.8. The lowest BCUT2D eigenvalue weighted by atomic mass is 9.92. The van der Waals surface area contributed by atoms with Crippen molar-refractivity contribution in [3.63, 3.8) is 0 Å². The fourth-order valence-electron chi connectivity index (χ4n) is 2.33. The van der Waals surface area contributed by atoms with Gasteiger partial charge in [-0.3, -0.25) is 0 Å². The van der Waals surface area contributed by atoms with Crippen LogP contribution in [0.3, 0.4) is 0 Å². The fourth-order valence-corrected chi connectivity index (χ4v) is 2.85. The quantitative estimate of drug-likeness (QED) is 0.802. The predicted octanol–water partition coefficient (Wildman–Crippen LogP) is 3.66. The van der Waals surface area contributed by atoms with Gasteiger partial charge in [-0.05, 0) is 49.6 Å². The molecule has 0 aliphatic rings. The molecule has 0 fully saturated rings. The molecule has 0 saturated carbocycles. The third kappa shape index (κ3) is 3.98. The van der Waals surface area contributed by atoms with Gasteiger partial charge in [0.1, 0.15) is 11.5 Å². The zero-order chi connectivity index (χ0) is 18.8. The van der Waals surface area contributed by atoms with Crippen LogP contribution in [0.4, 0.5) is 13.2 Å². The summed E-state index contributed by atoms with van der Waals surface area (Å²) in [6.07, 6.45) is -2.47. The molecule has 2 aromatic rings. The maximum atomic E-state index is 12.6. The SMILES string of the molecule is CSCCC(N)(C(=O)O)c1nc(-c2ccc(C(F)(F)F)cc2)oc1C. The van der Waals surface area contributed by atoms with Gasteiger partial charge in [0.2, 0.25) is 5.89 Å². The van der Waals surface area contributed by atoms with Gasteiger partial charge in [-0.2, -0.15) is 24.9 Å². The van der Waals surface area contributed by atoms with Crippen molar-refractivity contribution >= 4 is 17.7 Å². The van der Waals surface area contributed by atoms with Gasteiger partial charge >= 0.3 is 12.1 Å². The van der Waals surface area contributed by atoms with Crippen LogP contribution in [0.2, 0.25) is 0 Å². The zero-order valence-electron chi connectivity index (χ0n) is 13.6. The summed E-state index contributed by atoms with van der Waals surface area (Å²) in [5.74, 6) is -0.482. The predicted molar refractivity (Wildman–Crippen MR) is 88.2 cm³/mol. The summed E-state index contributed by atoms with van der Waals surface area (Å²) in [5, 5.41) is 9.50. The van der Waals surface area contributed by atoms with Gasteiger partial charge in [-0.1, -0.05) is 0 Å². The number of alkyl halides is 3. The van der Waals surface area contributed by atoms with Gasteiger partial charge in [0.15, 0.2) is 5.54 Å². The summed E-state index contributed by atoms with van der Waals surface area (Å²) in [5.41, 5.74) is 3.90. The van der Waals surface area contributed by atoms with E-state index in [2.05, 4.69) is 4.98 Å². The average Bonchev–Trinajstić information content (AvgIpc) is 2.94. The highest BCUT2D eigenvalue weighted by Gasteiger charge is 2.40.